The zero-order chi connectivity index (χ0) is 15.9. The summed E-state index contributed by atoms with van der Waals surface area (Å²) in [5.41, 5.74) is 2.45. The van der Waals surface area contributed by atoms with Gasteiger partial charge in [0.05, 0.1) is 18.2 Å². The molecule has 0 saturated carbocycles. The molecule has 0 aliphatic rings. The van der Waals surface area contributed by atoms with Gasteiger partial charge in [0.15, 0.2) is 0 Å². The average Bonchev–Trinajstić information content (AvgIpc) is 2.55. The van der Waals surface area contributed by atoms with Crippen molar-refractivity contribution in [3.05, 3.63) is 65.7 Å². The number of benzene rings is 2. The van der Waals surface area contributed by atoms with E-state index >= 15 is 0 Å². The second kappa shape index (κ2) is 7.39. The number of anilines is 1. The lowest BCUT2D eigenvalue weighted by Gasteiger charge is -2.24. The highest BCUT2D eigenvalue weighted by molar-refractivity contribution is 5.92. The fourth-order valence-corrected chi connectivity index (χ4v) is 2.18. The molecule has 2 aromatic rings. The summed E-state index contributed by atoms with van der Waals surface area (Å²) in [7, 11) is 1.93. The van der Waals surface area contributed by atoms with Gasteiger partial charge in [-0.25, -0.2) is 0 Å². The molecule has 112 valence electrons. The van der Waals surface area contributed by atoms with Gasteiger partial charge in [0, 0.05) is 11.7 Å². The van der Waals surface area contributed by atoms with Crippen molar-refractivity contribution in [2.24, 2.45) is 0 Å². The molecule has 0 aliphatic carbocycles. The van der Waals surface area contributed by atoms with Crippen LogP contribution in [0.5, 0.6) is 0 Å². The van der Waals surface area contributed by atoms with Crippen molar-refractivity contribution >= 4 is 11.6 Å². The Morgan fingerprint density at radius 2 is 1.82 bits per heavy atom. The number of nitrogens with zero attached hydrogens (tertiary/aromatic N) is 2. The molecule has 0 saturated heterocycles. The summed E-state index contributed by atoms with van der Waals surface area (Å²) in [6.45, 7) is 2.38. The molecule has 0 fully saturated rings. The van der Waals surface area contributed by atoms with E-state index in [9.17, 15) is 4.79 Å². The largest absolute Gasteiger partial charge is 0.325 e. The predicted molar refractivity (Wildman–Crippen MR) is 87.3 cm³/mol. The Bertz CT molecular complexity index is 659. The topological polar surface area (TPSA) is 56.1 Å². The average molecular weight is 293 g/mol. The monoisotopic (exact) mass is 293 g/mol. The number of likely N-dealkylation sites (N-methyl/N-ethyl adjacent to an activating group) is 1. The van der Waals surface area contributed by atoms with Crippen molar-refractivity contribution in [1.29, 1.82) is 5.26 Å². The maximum absolute atomic E-state index is 12.1. The summed E-state index contributed by atoms with van der Waals surface area (Å²) in [6, 6.07) is 19.1. The fourth-order valence-electron chi connectivity index (χ4n) is 2.18. The van der Waals surface area contributed by atoms with Crippen LogP contribution in [0.4, 0.5) is 5.69 Å². The first kappa shape index (κ1) is 15.7. The molecule has 0 aromatic heterocycles. The number of carbonyl (C=O) groups excluding carboxylic acids is 1. The maximum Gasteiger partial charge on any atom is 0.238 e. The van der Waals surface area contributed by atoms with Gasteiger partial charge in [-0.05, 0) is 43.8 Å². The Hall–Kier alpha value is -2.64. The minimum atomic E-state index is -0.0741. The van der Waals surface area contributed by atoms with E-state index in [0.717, 1.165) is 0 Å². The number of amides is 1. The molecular formula is C18H19N3O. The van der Waals surface area contributed by atoms with Gasteiger partial charge in [-0.15, -0.1) is 0 Å². The lowest BCUT2D eigenvalue weighted by Crippen LogP contribution is -2.32. The summed E-state index contributed by atoms with van der Waals surface area (Å²) < 4.78 is 0. The quantitative estimate of drug-likeness (QED) is 0.921. The van der Waals surface area contributed by atoms with Gasteiger partial charge < -0.3 is 5.32 Å². The van der Waals surface area contributed by atoms with Gasteiger partial charge in [-0.1, -0.05) is 30.3 Å². The third-order valence-electron chi connectivity index (χ3n) is 3.63. The highest BCUT2D eigenvalue weighted by Crippen LogP contribution is 2.18. The van der Waals surface area contributed by atoms with Crippen molar-refractivity contribution < 1.29 is 4.79 Å². The van der Waals surface area contributed by atoms with Crippen molar-refractivity contribution in [3.8, 4) is 6.07 Å². The molecule has 2 rings (SSSR count). The smallest absolute Gasteiger partial charge is 0.238 e. The zero-order valence-electron chi connectivity index (χ0n) is 12.8. The van der Waals surface area contributed by atoms with Crippen LogP contribution in [0.25, 0.3) is 0 Å². The van der Waals surface area contributed by atoms with Crippen LogP contribution in [-0.4, -0.2) is 24.4 Å². The molecule has 2 aromatic carbocycles. The predicted octanol–water partition coefficient (Wildman–Crippen LogP) is 3.19. The first-order valence-electron chi connectivity index (χ1n) is 7.15. The Morgan fingerprint density at radius 1 is 1.18 bits per heavy atom. The van der Waals surface area contributed by atoms with Gasteiger partial charge in [0.25, 0.3) is 0 Å². The first-order chi connectivity index (χ1) is 10.6. The molecule has 22 heavy (non-hydrogen) atoms. The summed E-state index contributed by atoms with van der Waals surface area (Å²) in [5, 5.41) is 11.6. The number of nitrogens with one attached hydrogen (secondary N) is 1. The number of rotatable bonds is 5. The Balaban J connectivity index is 1.92. The fraction of sp³-hybridized carbons (Fsp3) is 0.222. The first-order valence-corrected chi connectivity index (χ1v) is 7.15. The third-order valence-corrected chi connectivity index (χ3v) is 3.63. The highest BCUT2D eigenvalue weighted by atomic mass is 16.2. The second-order valence-electron chi connectivity index (χ2n) is 5.24. The van der Waals surface area contributed by atoms with Crippen LogP contribution in [0.15, 0.2) is 54.6 Å². The zero-order valence-corrected chi connectivity index (χ0v) is 12.8. The summed E-state index contributed by atoms with van der Waals surface area (Å²) >= 11 is 0. The van der Waals surface area contributed by atoms with Gasteiger partial charge >= 0.3 is 0 Å². The molecule has 1 unspecified atom stereocenters. The molecule has 0 radical (unpaired) electrons. The van der Waals surface area contributed by atoms with Crippen molar-refractivity contribution in [2.75, 3.05) is 18.9 Å². The molecule has 0 bridgehead atoms. The maximum atomic E-state index is 12.1. The molecule has 1 N–H and O–H groups in total. The minimum Gasteiger partial charge on any atom is -0.325 e. The Morgan fingerprint density at radius 3 is 2.41 bits per heavy atom. The standard InChI is InChI=1S/C18H19N3O/c1-14(16-6-4-3-5-7-16)21(2)13-18(22)20-17-10-8-15(12-19)9-11-17/h3-11,14H,13H2,1-2H3,(H,20,22). The van der Waals surface area contributed by atoms with E-state index in [-0.39, 0.29) is 11.9 Å². The normalized spacial score (nSPS) is 11.7. The summed E-state index contributed by atoms with van der Waals surface area (Å²) in [6.07, 6.45) is 0. The van der Waals surface area contributed by atoms with Crippen LogP contribution in [0.2, 0.25) is 0 Å². The van der Waals surface area contributed by atoms with E-state index in [4.69, 9.17) is 5.26 Å². The van der Waals surface area contributed by atoms with E-state index in [1.807, 2.05) is 30.1 Å². The van der Waals surface area contributed by atoms with Crippen LogP contribution in [-0.2, 0) is 4.79 Å². The van der Waals surface area contributed by atoms with Crippen LogP contribution >= 0.6 is 0 Å². The molecule has 4 nitrogen and oxygen atoms in total. The molecule has 1 amide bonds. The number of hydrogen-bond acceptors (Lipinski definition) is 3. The minimum absolute atomic E-state index is 0.0741. The third kappa shape index (κ3) is 4.18. The van der Waals surface area contributed by atoms with Gasteiger partial charge in [-0.2, -0.15) is 5.26 Å². The van der Waals surface area contributed by atoms with Gasteiger partial charge in [-0.3, -0.25) is 9.69 Å². The SMILES string of the molecule is CC(c1ccccc1)N(C)CC(=O)Nc1ccc(C#N)cc1. The number of carbonyl (C=O) groups is 1. The molecule has 0 spiro atoms. The molecule has 0 aliphatic heterocycles. The van der Waals surface area contributed by atoms with Crippen molar-refractivity contribution in [1.82, 2.24) is 4.90 Å². The van der Waals surface area contributed by atoms with E-state index < -0.39 is 0 Å². The van der Waals surface area contributed by atoms with E-state index in [0.29, 0.717) is 17.8 Å². The highest BCUT2D eigenvalue weighted by Gasteiger charge is 2.14. The molecule has 0 heterocycles. The van der Waals surface area contributed by atoms with Crippen LogP contribution in [0.1, 0.15) is 24.1 Å². The van der Waals surface area contributed by atoms with Crippen LogP contribution in [0.3, 0.4) is 0 Å². The summed E-state index contributed by atoms with van der Waals surface area (Å²) in [4.78, 5) is 14.1. The second-order valence-corrected chi connectivity index (χ2v) is 5.24. The Kier molecular flexibility index (Phi) is 5.29. The van der Waals surface area contributed by atoms with E-state index in [1.165, 1.54) is 5.56 Å². The van der Waals surface area contributed by atoms with Crippen molar-refractivity contribution in [2.45, 2.75) is 13.0 Å². The Labute approximate surface area is 131 Å². The number of hydrogen-bond donors (Lipinski definition) is 1. The van der Waals surface area contributed by atoms with Gasteiger partial charge in [0.1, 0.15) is 0 Å². The van der Waals surface area contributed by atoms with Crippen molar-refractivity contribution in [3.63, 3.8) is 0 Å². The van der Waals surface area contributed by atoms with Gasteiger partial charge in [0.2, 0.25) is 5.91 Å². The molecular weight excluding hydrogens is 274 g/mol. The molecule has 4 heteroatoms. The molecule has 1 atom stereocenters. The van der Waals surface area contributed by atoms with E-state index in [2.05, 4.69) is 30.4 Å². The lowest BCUT2D eigenvalue weighted by molar-refractivity contribution is -0.117. The van der Waals surface area contributed by atoms with Crippen LogP contribution < -0.4 is 5.32 Å². The summed E-state index contributed by atoms with van der Waals surface area (Å²) in [5.74, 6) is -0.0741. The van der Waals surface area contributed by atoms with Crippen LogP contribution in [0, 0.1) is 11.3 Å². The van der Waals surface area contributed by atoms with E-state index in [1.54, 1.807) is 24.3 Å². The lowest BCUT2D eigenvalue weighted by atomic mass is 10.1. The number of nitriles is 1.